The van der Waals surface area contributed by atoms with Crippen molar-refractivity contribution in [2.75, 3.05) is 35.7 Å². The number of thioether (sulfide) groups is 1. The monoisotopic (exact) mass is 404 g/mol. The second-order valence-corrected chi connectivity index (χ2v) is 10.8. The Hall–Kier alpha value is -1.13. The maximum Gasteiger partial charge on any atom is 0.233 e. The van der Waals surface area contributed by atoms with Gasteiger partial charge in [-0.05, 0) is 12.3 Å². The summed E-state index contributed by atoms with van der Waals surface area (Å²) in [5.74, 6) is 0.718. The van der Waals surface area contributed by atoms with E-state index >= 15 is 0 Å². The second-order valence-electron chi connectivity index (χ2n) is 6.33. The van der Waals surface area contributed by atoms with E-state index in [0.29, 0.717) is 29.0 Å². The molecular formula is C15H24N4O3S3. The summed E-state index contributed by atoms with van der Waals surface area (Å²) in [7, 11) is -3.02. The third kappa shape index (κ3) is 6.27. The van der Waals surface area contributed by atoms with Gasteiger partial charge in [-0.3, -0.25) is 4.79 Å². The van der Waals surface area contributed by atoms with Crippen LogP contribution in [-0.4, -0.2) is 65.8 Å². The van der Waals surface area contributed by atoms with Gasteiger partial charge in [0.15, 0.2) is 14.2 Å². The molecule has 1 amide bonds. The summed E-state index contributed by atoms with van der Waals surface area (Å²) < 4.78 is 24.2. The first-order valence-corrected chi connectivity index (χ1v) is 11.7. The Morgan fingerprint density at radius 2 is 2.28 bits per heavy atom. The van der Waals surface area contributed by atoms with Crippen LogP contribution in [0.1, 0.15) is 20.3 Å². The lowest BCUT2D eigenvalue weighted by Crippen LogP contribution is -2.44. The largest absolute Gasteiger partial charge is 0.357 e. The highest BCUT2D eigenvalue weighted by molar-refractivity contribution is 8.01. The van der Waals surface area contributed by atoms with Crippen LogP contribution < -0.4 is 5.32 Å². The summed E-state index contributed by atoms with van der Waals surface area (Å²) in [6.45, 7) is 8.86. The number of hydrogen-bond acceptors (Lipinski definition) is 8. The fraction of sp³-hybridized carbons (Fsp3) is 0.667. The average Bonchev–Trinajstić information content (AvgIpc) is 3.14. The minimum Gasteiger partial charge on any atom is -0.357 e. The van der Waals surface area contributed by atoms with E-state index in [1.54, 1.807) is 11.0 Å². The normalized spacial score (nSPS) is 19.1. The van der Waals surface area contributed by atoms with Crippen LogP contribution in [0.25, 0.3) is 0 Å². The maximum absolute atomic E-state index is 12.7. The number of anilines is 1. The molecule has 2 heterocycles. The smallest absolute Gasteiger partial charge is 0.233 e. The Bertz CT molecular complexity index is 703. The van der Waals surface area contributed by atoms with Gasteiger partial charge in [-0.1, -0.05) is 43.0 Å². The molecule has 1 fully saturated rings. The summed E-state index contributed by atoms with van der Waals surface area (Å²) in [6.07, 6.45) is 2.26. The predicted octanol–water partition coefficient (Wildman–Crippen LogP) is 1.90. The van der Waals surface area contributed by atoms with Crippen LogP contribution in [0.2, 0.25) is 0 Å². The molecule has 0 bridgehead atoms. The highest BCUT2D eigenvalue weighted by Crippen LogP contribution is 2.27. The fourth-order valence-electron chi connectivity index (χ4n) is 2.57. The quantitative estimate of drug-likeness (QED) is 0.496. The molecule has 0 radical (unpaired) electrons. The van der Waals surface area contributed by atoms with Crippen molar-refractivity contribution < 1.29 is 13.2 Å². The SMILES string of the molecule is C=CCNc1nnc(SCC(=O)N(CC(C)C)[C@H]2CCS(=O)(=O)C2)s1. The lowest BCUT2D eigenvalue weighted by Gasteiger charge is -2.29. The van der Waals surface area contributed by atoms with Crippen molar-refractivity contribution in [3.8, 4) is 0 Å². The second kappa shape index (κ2) is 9.00. The number of rotatable bonds is 9. The standard InChI is InChI=1S/C15H24N4O3S3/c1-4-6-16-14-17-18-15(24-14)23-9-13(20)19(8-11(2)3)12-5-7-25(21,22)10-12/h4,11-12H,1,5-10H2,2-3H3,(H,16,17)/t12-/m0/s1. The number of sulfone groups is 1. The van der Waals surface area contributed by atoms with E-state index < -0.39 is 9.84 Å². The molecule has 0 saturated carbocycles. The Morgan fingerprint density at radius 3 is 2.88 bits per heavy atom. The number of aromatic nitrogens is 2. The highest BCUT2D eigenvalue weighted by atomic mass is 32.2. The number of amides is 1. The van der Waals surface area contributed by atoms with Gasteiger partial charge < -0.3 is 10.2 Å². The number of nitrogens with zero attached hydrogens (tertiary/aromatic N) is 3. The predicted molar refractivity (Wildman–Crippen MR) is 103 cm³/mol. The van der Waals surface area contributed by atoms with Crippen LogP contribution in [0.15, 0.2) is 17.0 Å². The minimum atomic E-state index is -3.02. The van der Waals surface area contributed by atoms with Crippen LogP contribution in [0.5, 0.6) is 0 Å². The molecule has 0 unspecified atom stereocenters. The Morgan fingerprint density at radius 1 is 1.52 bits per heavy atom. The van der Waals surface area contributed by atoms with Crippen LogP contribution in [-0.2, 0) is 14.6 Å². The number of nitrogens with one attached hydrogen (secondary N) is 1. The zero-order valence-corrected chi connectivity index (χ0v) is 16.9. The zero-order valence-electron chi connectivity index (χ0n) is 14.5. The third-order valence-electron chi connectivity index (χ3n) is 3.65. The number of hydrogen-bond donors (Lipinski definition) is 1. The maximum atomic E-state index is 12.7. The molecule has 1 saturated heterocycles. The summed E-state index contributed by atoms with van der Waals surface area (Å²) in [5.41, 5.74) is 0. The van der Waals surface area contributed by atoms with E-state index in [0.717, 1.165) is 0 Å². The van der Waals surface area contributed by atoms with Crippen molar-refractivity contribution in [2.24, 2.45) is 5.92 Å². The van der Waals surface area contributed by atoms with Crippen molar-refractivity contribution in [3.05, 3.63) is 12.7 Å². The van der Waals surface area contributed by atoms with E-state index in [2.05, 4.69) is 22.1 Å². The van der Waals surface area contributed by atoms with Gasteiger partial charge in [0.2, 0.25) is 11.0 Å². The lowest BCUT2D eigenvalue weighted by atomic mass is 10.1. The molecular weight excluding hydrogens is 380 g/mol. The Kier molecular flexibility index (Phi) is 7.26. The van der Waals surface area contributed by atoms with E-state index in [1.165, 1.54) is 23.1 Å². The molecule has 1 aromatic rings. The van der Waals surface area contributed by atoms with Gasteiger partial charge in [-0.2, -0.15) is 0 Å². The summed E-state index contributed by atoms with van der Waals surface area (Å²) >= 11 is 2.72. The van der Waals surface area contributed by atoms with Gasteiger partial charge in [-0.15, -0.1) is 16.8 Å². The molecule has 1 aliphatic rings. The Balaban J connectivity index is 1.95. The summed E-state index contributed by atoms with van der Waals surface area (Å²) in [4.78, 5) is 14.4. The minimum absolute atomic E-state index is 0.0448. The van der Waals surface area contributed by atoms with Crippen molar-refractivity contribution in [2.45, 2.75) is 30.6 Å². The summed E-state index contributed by atoms with van der Waals surface area (Å²) in [6, 6.07) is -0.209. The van der Waals surface area contributed by atoms with Crippen molar-refractivity contribution in [3.63, 3.8) is 0 Å². The van der Waals surface area contributed by atoms with Gasteiger partial charge in [-0.25, -0.2) is 8.42 Å². The van der Waals surface area contributed by atoms with E-state index in [-0.39, 0.29) is 35.1 Å². The third-order valence-corrected chi connectivity index (χ3v) is 7.40. The summed E-state index contributed by atoms with van der Waals surface area (Å²) in [5, 5.41) is 11.8. The number of carbonyl (C=O) groups is 1. The molecule has 1 atom stereocenters. The first-order chi connectivity index (χ1) is 11.8. The molecule has 1 aromatic heterocycles. The Labute approximate surface area is 157 Å². The van der Waals surface area contributed by atoms with Gasteiger partial charge in [0.05, 0.1) is 17.3 Å². The zero-order chi connectivity index (χ0) is 18.4. The molecule has 0 aliphatic carbocycles. The molecule has 2 rings (SSSR count). The highest BCUT2D eigenvalue weighted by Gasteiger charge is 2.34. The number of carbonyl (C=O) groups excluding carboxylic acids is 1. The molecule has 0 spiro atoms. The molecule has 1 N–H and O–H groups in total. The topological polar surface area (TPSA) is 92.3 Å². The molecule has 25 heavy (non-hydrogen) atoms. The first kappa shape index (κ1) is 20.2. The molecule has 10 heteroatoms. The fourth-order valence-corrected chi connectivity index (χ4v) is 5.95. The van der Waals surface area contributed by atoms with Gasteiger partial charge in [0.1, 0.15) is 0 Å². The van der Waals surface area contributed by atoms with Crippen LogP contribution in [0.4, 0.5) is 5.13 Å². The van der Waals surface area contributed by atoms with Crippen molar-refractivity contribution in [1.82, 2.24) is 15.1 Å². The van der Waals surface area contributed by atoms with Gasteiger partial charge in [0, 0.05) is 19.1 Å². The molecule has 1 aliphatic heterocycles. The van der Waals surface area contributed by atoms with Crippen LogP contribution >= 0.6 is 23.1 Å². The van der Waals surface area contributed by atoms with E-state index in [9.17, 15) is 13.2 Å². The lowest BCUT2D eigenvalue weighted by molar-refractivity contribution is -0.130. The molecule has 140 valence electrons. The van der Waals surface area contributed by atoms with E-state index in [1.807, 2.05) is 13.8 Å². The van der Waals surface area contributed by atoms with Crippen LogP contribution in [0.3, 0.4) is 0 Å². The average molecular weight is 405 g/mol. The van der Waals surface area contributed by atoms with Crippen LogP contribution in [0, 0.1) is 5.92 Å². The van der Waals surface area contributed by atoms with E-state index in [4.69, 9.17) is 0 Å². The molecule has 7 nitrogen and oxygen atoms in total. The van der Waals surface area contributed by atoms with Crippen molar-refractivity contribution >= 4 is 44.0 Å². The van der Waals surface area contributed by atoms with Gasteiger partial charge >= 0.3 is 0 Å². The van der Waals surface area contributed by atoms with Crippen molar-refractivity contribution in [1.29, 1.82) is 0 Å². The molecule has 0 aromatic carbocycles. The van der Waals surface area contributed by atoms with Gasteiger partial charge in [0.25, 0.3) is 0 Å². The first-order valence-electron chi connectivity index (χ1n) is 8.11.